The SMILES string of the molecule is O=Cc1c(O)ccc2cc(C3CCCC(NCc4ccccn4)CCC3)ccc12. The fourth-order valence-corrected chi connectivity index (χ4v) is 4.54. The number of nitrogens with one attached hydrogen (secondary N) is 1. The molecule has 0 aliphatic heterocycles. The van der Waals surface area contributed by atoms with Crippen LogP contribution >= 0.6 is 0 Å². The Morgan fingerprint density at radius 1 is 1.03 bits per heavy atom. The van der Waals surface area contributed by atoms with Crippen molar-refractivity contribution < 1.29 is 9.90 Å². The predicted octanol–water partition coefficient (Wildman–Crippen LogP) is 5.35. The number of nitrogens with zero attached hydrogens (tertiary/aromatic N) is 1. The van der Waals surface area contributed by atoms with E-state index in [4.69, 9.17) is 0 Å². The summed E-state index contributed by atoms with van der Waals surface area (Å²) in [5, 5.41) is 15.4. The highest BCUT2D eigenvalue weighted by atomic mass is 16.3. The number of hydrogen-bond donors (Lipinski definition) is 2. The van der Waals surface area contributed by atoms with Gasteiger partial charge in [0.2, 0.25) is 0 Å². The molecule has 1 aliphatic rings. The minimum absolute atomic E-state index is 0.0513. The highest BCUT2D eigenvalue weighted by molar-refractivity contribution is 6.00. The summed E-state index contributed by atoms with van der Waals surface area (Å²) in [4.78, 5) is 15.7. The van der Waals surface area contributed by atoms with Crippen LogP contribution in [0, 0.1) is 0 Å². The molecule has 1 aromatic heterocycles. The van der Waals surface area contributed by atoms with E-state index < -0.39 is 0 Å². The van der Waals surface area contributed by atoms with Gasteiger partial charge in [-0.1, -0.05) is 43.2 Å². The molecule has 4 rings (SSSR count). The van der Waals surface area contributed by atoms with Gasteiger partial charge in [-0.2, -0.15) is 0 Å². The number of aromatic nitrogens is 1. The average Bonchev–Trinajstić information content (AvgIpc) is 2.73. The zero-order chi connectivity index (χ0) is 20.1. The molecule has 2 N–H and O–H groups in total. The van der Waals surface area contributed by atoms with Gasteiger partial charge in [-0.05, 0) is 66.1 Å². The smallest absolute Gasteiger partial charge is 0.154 e. The molecule has 150 valence electrons. The highest BCUT2D eigenvalue weighted by Gasteiger charge is 2.19. The fourth-order valence-electron chi connectivity index (χ4n) is 4.54. The second-order valence-corrected chi connectivity index (χ2v) is 8.05. The Kier molecular flexibility index (Phi) is 6.20. The zero-order valence-electron chi connectivity index (χ0n) is 16.7. The van der Waals surface area contributed by atoms with Crippen LogP contribution in [0.3, 0.4) is 0 Å². The van der Waals surface area contributed by atoms with Crippen LogP contribution in [0.1, 0.15) is 66.1 Å². The van der Waals surface area contributed by atoms with E-state index in [1.165, 1.54) is 44.1 Å². The molecule has 1 saturated carbocycles. The molecule has 1 fully saturated rings. The van der Waals surface area contributed by atoms with Gasteiger partial charge in [-0.15, -0.1) is 0 Å². The lowest BCUT2D eigenvalue weighted by Crippen LogP contribution is -2.30. The first-order valence-electron chi connectivity index (χ1n) is 10.6. The number of benzene rings is 2. The van der Waals surface area contributed by atoms with Crippen LogP contribution in [0.2, 0.25) is 0 Å². The van der Waals surface area contributed by atoms with Crippen molar-refractivity contribution in [1.29, 1.82) is 0 Å². The highest BCUT2D eigenvalue weighted by Crippen LogP contribution is 2.34. The average molecular weight is 389 g/mol. The van der Waals surface area contributed by atoms with Crippen LogP contribution in [0.5, 0.6) is 5.75 Å². The second kappa shape index (κ2) is 9.19. The number of phenolic OH excluding ortho intramolecular Hbond substituents is 1. The van der Waals surface area contributed by atoms with Gasteiger partial charge in [-0.25, -0.2) is 0 Å². The van der Waals surface area contributed by atoms with Crippen molar-refractivity contribution in [3.8, 4) is 5.75 Å². The van der Waals surface area contributed by atoms with E-state index in [0.29, 0.717) is 17.5 Å². The van der Waals surface area contributed by atoms with Gasteiger partial charge in [0.05, 0.1) is 11.3 Å². The van der Waals surface area contributed by atoms with Gasteiger partial charge in [0.15, 0.2) is 6.29 Å². The van der Waals surface area contributed by atoms with Crippen LogP contribution < -0.4 is 5.32 Å². The minimum atomic E-state index is 0.0513. The summed E-state index contributed by atoms with van der Waals surface area (Å²) in [5.41, 5.74) is 2.83. The van der Waals surface area contributed by atoms with Gasteiger partial charge in [0, 0.05) is 18.8 Å². The van der Waals surface area contributed by atoms with Crippen molar-refractivity contribution in [3.05, 3.63) is 71.5 Å². The third-order valence-corrected chi connectivity index (χ3v) is 6.16. The van der Waals surface area contributed by atoms with E-state index in [2.05, 4.69) is 28.5 Å². The molecule has 0 saturated heterocycles. The van der Waals surface area contributed by atoms with Crippen molar-refractivity contribution in [2.45, 2.75) is 57.0 Å². The number of phenols is 1. The molecular weight excluding hydrogens is 360 g/mol. The van der Waals surface area contributed by atoms with Gasteiger partial charge in [0.25, 0.3) is 0 Å². The molecule has 0 bridgehead atoms. The first-order valence-corrected chi connectivity index (χ1v) is 10.6. The Hall–Kier alpha value is -2.72. The third kappa shape index (κ3) is 4.65. The number of aromatic hydroxyl groups is 1. The predicted molar refractivity (Wildman–Crippen MR) is 116 cm³/mol. The lowest BCUT2D eigenvalue weighted by molar-refractivity contribution is 0.112. The minimum Gasteiger partial charge on any atom is -0.507 e. The van der Waals surface area contributed by atoms with Crippen LogP contribution in [0.15, 0.2) is 54.7 Å². The normalized spacial score (nSPS) is 20.1. The number of carbonyl (C=O) groups excluding carboxylic acids is 1. The van der Waals surface area contributed by atoms with Crippen LogP contribution in [0.25, 0.3) is 10.8 Å². The molecule has 0 spiro atoms. The number of hydrogen-bond acceptors (Lipinski definition) is 4. The molecule has 4 nitrogen and oxygen atoms in total. The molecule has 4 heteroatoms. The summed E-state index contributed by atoms with van der Waals surface area (Å²) in [7, 11) is 0. The van der Waals surface area contributed by atoms with Crippen molar-refractivity contribution in [2.75, 3.05) is 0 Å². The molecule has 1 heterocycles. The summed E-state index contributed by atoms with van der Waals surface area (Å²) >= 11 is 0. The summed E-state index contributed by atoms with van der Waals surface area (Å²) in [6.45, 7) is 0.839. The van der Waals surface area contributed by atoms with Crippen LogP contribution in [0.4, 0.5) is 0 Å². The van der Waals surface area contributed by atoms with E-state index >= 15 is 0 Å². The summed E-state index contributed by atoms with van der Waals surface area (Å²) < 4.78 is 0. The maximum Gasteiger partial charge on any atom is 0.154 e. The number of rotatable bonds is 5. The number of aldehydes is 1. The Morgan fingerprint density at radius 2 is 1.86 bits per heavy atom. The van der Waals surface area contributed by atoms with E-state index in [1.807, 2.05) is 30.5 Å². The van der Waals surface area contributed by atoms with Gasteiger partial charge < -0.3 is 10.4 Å². The monoisotopic (exact) mass is 388 g/mol. The second-order valence-electron chi connectivity index (χ2n) is 8.05. The number of carbonyl (C=O) groups is 1. The van der Waals surface area contributed by atoms with E-state index in [1.54, 1.807) is 6.07 Å². The fraction of sp³-hybridized carbons (Fsp3) is 0.360. The Balaban J connectivity index is 1.39. The lowest BCUT2D eigenvalue weighted by Gasteiger charge is -2.26. The molecule has 3 aromatic rings. The quantitative estimate of drug-likeness (QED) is 0.579. The first-order chi connectivity index (χ1) is 14.2. The molecule has 29 heavy (non-hydrogen) atoms. The van der Waals surface area contributed by atoms with E-state index in [9.17, 15) is 9.90 Å². The van der Waals surface area contributed by atoms with E-state index in [0.717, 1.165) is 29.3 Å². The van der Waals surface area contributed by atoms with Crippen molar-refractivity contribution in [1.82, 2.24) is 10.3 Å². The molecule has 1 aliphatic carbocycles. The van der Waals surface area contributed by atoms with Crippen molar-refractivity contribution >= 4 is 17.1 Å². The number of fused-ring (bicyclic) bond motifs is 1. The van der Waals surface area contributed by atoms with Crippen LogP contribution in [-0.2, 0) is 6.54 Å². The maximum atomic E-state index is 11.3. The first kappa shape index (κ1) is 19.6. The van der Waals surface area contributed by atoms with Crippen molar-refractivity contribution in [3.63, 3.8) is 0 Å². The van der Waals surface area contributed by atoms with Gasteiger partial charge >= 0.3 is 0 Å². The summed E-state index contributed by atoms with van der Waals surface area (Å²) in [6, 6.07) is 16.5. The molecule has 2 aromatic carbocycles. The van der Waals surface area contributed by atoms with Gasteiger partial charge in [0.1, 0.15) is 5.75 Å². The molecule has 0 unspecified atom stereocenters. The summed E-state index contributed by atoms with van der Waals surface area (Å²) in [6.07, 6.45) is 9.77. The Labute approximate surface area is 172 Å². The zero-order valence-corrected chi connectivity index (χ0v) is 16.7. The van der Waals surface area contributed by atoms with Crippen LogP contribution in [-0.4, -0.2) is 22.4 Å². The maximum absolute atomic E-state index is 11.3. The molecular formula is C25H28N2O2. The topological polar surface area (TPSA) is 62.2 Å². The standard InChI is InChI=1S/C25H28N2O2/c28-17-24-23-12-10-19(15-20(23)11-13-25(24)29)18-5-3-8-21(9-4-6-18)27-16-22-7-1-2-14-26-22/h1-2,7,10-15,17-18,21,27,29H,3-6,8-9,16H2. The lowest BCUT2D eigenvalue weighted by atomic mass is 9.83. The Bertz CT molecular complexity index is 961. The molecule has 0 radical (unpaired) electrons. The van der Waals surface area contributed by atoms with Crippen molar-refractivity contribution in [2.24, 2.45) is 0 Å². The number of pyridine rings is 1. The third-order valence-electron chi connectivity index (χ3n) is 6.16. The summed E-state index contributed by atoms with van der Waals surface area (Å²) in [5.74, 6) is 0.611. The van der Waals surface area contributed by atoms with E-state index in [-0.39, 0.29) is 5.75 Å². The molecule has 0 atom stereocenters. The Morgan fingerprint density at radius 3 is 2.59 bits per heavy atom. The van der Waals surface area contributed by atoms with Gasteiger partial charge in [-0.3, -0.25) is 9.78 Å². The largest absolute Gasteiger partial charge is 0.507 e. The molecule has 0 amide bonds.